The number of nitriles is 1. The van der Waals surface area contributed by atoms with Crippen LogP contribution < -0.4 is 4.90 Å². The number of aromatic amines is 1. The summed E-state index contributed by atoms with van der Waals surface area (Å²) in [5, 5.41) is 10.2. The Kier molecular flexibility index (Phi) is 6.94. The van der Waals surface area contributed by atoms with Gasteiger partial charge in [-0.15, -0.1) is 5.92 Å². The van der Waals surface area contributed by atoms with Crippen LogP contribution in [-0.4, -0.2) is 61.1 Å². The molecule has 2 fully saturated rings. The number of Topliss-reactive ketones (excluding diaryl/α,β-unsaturated/α-hetero) is 1. The third-order valence-corrected chi connectivity index (χ3v) is 8.47. The molecule has 3 aliphatic rings. The van der Waals surface area contributed by atoms with Crippen molar-refractivity contribution in [2.45, 2.75) is 51.5 Å². The standard InChI is InChI=1S/C32H34N4O2/c1-2-4-24-18-25-20-31(37)32-27-8-7-22(21-33)17-29(27)34-28(32)10-16-38-15-9-23(25)19-30(24)36-13-11-35(12-14-36)26-5-3-6-26/h7-8,17-19,26,34H,3,5-6,9-16,20H2,1H3. The van der Waals surface area contributed by atoms with Crippen molar-refractivity contribution in [2.24, 2.45) is 0 Å². The van der Waals surface area contributed by atoms with E-state index >= 15 is 0 Å². The lowest BCUT2D eigenvalue weighted by atomic mass is 9.90. The molecule has 3 heterocycles. The number of nitrogens with one attached hydrogen (secondary N) is 1. The first kappa shape index (κ1) is 24.7. The van der Waals surface area contributed by atoms with Gasteiger partial charge in [0.15, 0.2) is 5.78 Å². The Bertz CT molecular complexity index is 1470. The van der Waals surface area contributed by atoms with Crippen molar-refractivity contribution < 1.29 is 9.53 Å². The predicted octanol–water partition coefficient (Wildman–Crippen LogP) is 4.63. The van der Waals surface area contributed by atoms with Crippen LogP contribution in [0.25, 0.3) is 10.9 Å². The normalized spacial score (nSPS) is 18.9. The van der Waals surface area contributed by atoms with Gasteiger partial charge in [0, 0.05) is 72.8 Å². The Morgan fingerprint density at radius 1 is 1.03 bits per heavy atom. The minimum Gasteiger partial charge on any atom is -0.381 e. The molecule has 6 heteroatoms. The Morgan fingerprint density at radius 2 is 1.84 bits per heavy atom. The van der Waals surface area contributed by atoms with Gasteiger partial charge in [-0.25, -0.2) is 0 Å². The summed E-state index contributed by atoms with van der Waals surface area (Å²) in [5.74, 6) is 6.54. The monoisotopic (exact) mass is 506 g/mol. The maximum absolute atomic E-state index is 13.8. The van der Waals surface area contributed by atoms with Gasteiger partial charge in [0.05, 0.1) is 30.5 Å². The smallest absolute Gasteiger partial charge is 0.169 e. The molecule has 1 aliphatic carbocycles. The molecule has 1 aromatic heterocycles. The first-order valence-corrected chi connectivity index (χ1v) is 13.9. The van der Waals surface area contributed by atoms with E-state index in [1.165, 1.54) is 30.5 Å². The zero-order valence-electron chi connectivity index (χ0n) is 22.1. The molecule has 3 aromatic rings. The summed E-state index contributed by atoms with van der Waals surface area (Å²) in [4.78, 5) is 22.4. The zero-order chi connectivity index (χ0) is 26.1. The number of carbonyl (C=O) groups excluding carboxylic acids is 1. The average molecular weight is 507 g/mol. The van der Waals surface area contributed by atoms with Gasteiger partial charge in [-0.2, -0.15) is 5.26 Å². The highest BCUT2D eigenvalue weighted by atomic mass is 16.5. The quantitative estimate of drug-likeness (QED) is 0.514. The Hall–Kier alpha value is -3.58. The van der Waals surface area contributed by atoms with Crippen molar-refractivity contribution in [2.75, 3.05) is 44.3 Å². The lowest BCUT2D eigenvalue weighted by Crippen LogP contribution is -2.52. The van der Waals surface area contributed by atoms with Gasteiger partial charge < -0.3 is 14.6 Å². The van der Waals surface area contributed by atoms with Crippen molar-refractivity contribution in [3.63, 3.8) is 0 Å². The number of hydrogen-bond acceptors (Lipinski definition) is 5. The van der Waals surface area contributed by atoms with Gasteiger partial charge in [0.1, 0.15) is 0 Å². The van der Waals surface area contributed by atoms with Crippen molar-refractivity contribution >= 4 is 22.4 Å². The van der Waals surface area contributed by atoms with E-state index < -0.39 is 0 Å². The van der Waals surface area contributed by atoms with Crippen molar-refractivity contribution in [1.82, 2.24) is 9.88 Å². The molecule has 0 amide bonds. The summed E-state index contributed by atoms with van der Waals surface area (Å²) in [6.07, 6.45) is 5.79. The van der Waals surface area contributed by atoms with Crippen LogP contribution in [0.2, 0.25) is 0 Å². The van der Waals surface area contributed by atoms with E-state index in [-0.39, 0.29) is 5.78 Å². The fourth-order valence-corrected chi connectivity index (χ4v) is 6.20. The minimum atomic E-state index is 0.0939. The van der Waals surface area contributed by atoms with Gasteiger partial charge in [-0.3, -0.25) is 9.69 Å². The second-order valence-corrected chi connectivity index (χ2v) is 10.7. The van der Waals surface area contributed by atoms with E-state index in [9.17, 15) is 10.1 Å². The molecule has 194 valence electrons. The van der Waals surface area contributed by atoms with E-state index in [2.05, 4.69) is 44.8 Å². The summed E-state index contributed by atoms with van der Waals surface area (Å²) in [5.41, 5.74) is 7.41. The molecule has 6 nitrogen and oxygen atoms in total. The molecule has 6 rings (SSSR count). The molecule has 1 saturated heterocycles. The van der Waals surface area contributed by atoms with Gasteiger partial charge in [-0.05, 0) is 61.6 Å². The third-order valence-electron chi connectivity index (χ3n) is 8.47. The van der Waals surface area contributed by atoms with Crippen LogP contribution in [0.3, 0.4) is 0 Å². The maximum Gasteiger partial charge on any atom is 0.169 e. The highest BCUT2D eigenvalue weighted by Crippen LogP contribution is 2.32. The third kappa shape index (κ3) is 4.71. The first-order chi connectivity index (χ1) is 18.6. The number of fused-ring (bicyclic) bond motifs is 4. The molecule has 0 spiro atoms. The summed E-state index contributed by atoms with van der Waals surface area (Å²) in [6.45, 7) is 7.24. The number of carbonyl (C=O) groups is 1. The number of benzene rings is 2. The summed E-state index contributed by atoms with van der Waals surface area (Å²) >= 11 is 0. The Labute approximate surface area is 224 Å². The lowest BCUT2D eigenvalue weighted by Gasteiger charge is -2.44. The van der Waals surface area contributed by atoms with Crippen LogP contribution in [-0.2, 0) is 24.0 Å². The van der Waals surface area contributed by atoms with E-state index in [0.717, 1.165) is 71.9 Å². The summed E-state index contributed by atoms with van der Waals surface area (Å²) in [7, 11) is 0. The van der Waals surface area contributed by atoms with Gasteiger partial charge in [-0.1, -0.05) is 18.4 Å². The van der Waals surface area contributed by atoms with Crippen LogP contribution in [0.5, 0.6) is 0 Å². The topological polar surface area (TPSA) is 72.4 Å². The number of ether oxygens (including phenoxy) is 1. The molecule has 0 atom stereocenters. The van der Waals surface area contributed by atoms with Crippen LogP contribution in [0, 0.1) is 23.2 Å². The van der Waals surface area contributed by atoms with Crippen molar-refractivity contribution in [3.8, 4) is 17.9 Å². The molecule has 1 N–H and O–H groups in total. The second-order valence-electron chi connectivity index (χ2n) is 10.7. The van der Waals surface area contributed by atoms with E-state index in [4.69, 9.17) is 4.74 Å². The molecule has 0 unspecified atom stereocenters. The number of H-pyrrole nitrogens is 1. The van der Waals surface area contributed by atoms with E-state index in [1.807, 2.05) is 19.1 Å². The predicted molar refractivity (Wildman–Crippen MR) is 150 cm³/mol. The van der Waals surface area contributed by atoms with Crippen LogP contribution in [0.15, 0.2) is 30.3 Å². The largest absolute Gasteiger partial charge is 0.381 e. The minimum absolute atomic E-state index is 0.0939. The average Bonchev–Trinajstić information content (AvgIpc) is 3.25. The summed E-state index contributed by atoms with van der Waals surface area (Å²) < 4.78 is 6.05. The molecule has 2 aliphatic heterocycles. The zero-order valence-corrected chi connectivity index (χ0v) is 22.1. The highest BCUT2D eigenvalue weighted by molar-refractivity contribution is 6.10. The fourth-order valence-electron chi connectivity index (χ4n) is 6.20. The molecular weight excluding hydrogens is 472 g/mol. The fraction of sp³-hybridized carbons (Fsp3) is 0.438. The number of hydrogen-bond donors (Lipinski definition) is 1. The number of ketones is 1. The molecule has 1 saturated carbocycles. The van der Waals surface area contributed by atoms with E-state index in [1.54, 1.807) is 6.07 Å². The number of rotatable bonds is 2. The van der Waals surface area contributed by atoms with Gasteiger partial charge in [0.2, 0.25) is 0 Å². The molecule has 0 bridgehead atoms. The van der Waals surface area contributed by atoms with E-state index in [0.29, 0.717) is 31.6 Å². The SMILES string of the molecule is CC#Cc1cc2c(cc1N1CCN(C3CCC3)CC1)CCOCCc1[nH]c3cc(C#N)ccc3c1C(=O)C2. The van der Waals surface area contributed by atoms with Crippen LogP contribution in [0.1, 0.15) is 64.5 Å². The van der Waals surface area contributed by atoms with Crippen LogP contribution >= 0.6 is 0 Å². The Morgan fingerprint density at radius 3 is 2.58 bits per heavy atom. The summed E-state index contributed by atoms with van der Waals surface area (Å²) in [6, 6.07) is 12.9. The van der Waals surface area contributed by atoms with Crippen molar-refractivity contribution in [3.05, 3.63) is 63.8 Å². The number of piperazine rings is 1. The van der Waals surface area contributed by atoms with Gasteiger partial charge >= 0.3 is 0 Å². The molecule has 0 radical (unpaired) electrons. The molecule has 2 aromatic carbocycles. The molecule has 38 heavy (non-hydrogen) atoms. The molecular formula is C32H34N4O2. The second kappa shape index (κ2) is 10.7. The number of nitrogens with zero attached hydrogens (tertiary/aromatic N) is 3. The lowest BCUT2D eigenvalue weighted by molar-refractivity contribution is 0.0993. The first-order valence-electron chi connectivity index (χ1n) is 13.9. The maximum atomic E-state index is 13.8. The highest BCUT2D eigenvalue weighted by Gasteiger charge is 2.29. The van der Waals surface area contributed by atoms with Crippen molar-refractivity contribution in [1.29, 1.82) is 5.26 Å². The van der Waals surface area contributed by atoms with Crippen LogP contribution in [0.4, 0.5) is 5.69 Å². The number of anilines is 1. The van der Waals surface area contributed by atoms with Gasteiger partial charge in [0.25, 0.3) is 0 Å². The Balaban J connectivity index is 1.34. The number of aromatic nitrogens is 1.